The molecular weight excluding hydrogens is 162 g/mol. The van der Waals surface area contributed by atoms with E-state index in [9.17, 15) is 0 Å². The van der Waals surface area contributed by atoms with Crippen LogP contribution in [-0.4, -0.2) is 37.7 Å². The van der Waals surface area contributed by atoms with Gasteiger partial charge in [-0.25, -0.2) is 0 Å². The lowest BCUT2D eigenvalue weighted by molar-refractivity contribution is 0.0384. The molecule has 2 heteroatoms. The van der Waals surface area contributed by atoms with Crippen LogP contribution in [0.4, 0.5) is 0 Å². The van der Waals surface area contributed by atoms with E-state index in [1.807, 2.05) is 0 Å². The molecule has 1 aliphatic heterocycles. The second-order valence-corrected chi connectivity index (χ2v) is 3.98. The summed E-state index contributed by atoms with van der Waals surface area (Å²) in [6.45, 7) is 11.8. The molecular formula is C11H21NO. The van der Waals surface area contributed by atoms with Gasteiger partial charge in [-0.2, -0.15) is 0 Å². The van der Waals surface area contributed by atoms with Crippen LogP contribution in [0.5, 0.6) is 0 Å². The maximum atomic E-state index is 5.30. The monoisotopic (exact) mass is 183 g/mol. The Morgan fingerprint density at radius 2 is 1.77 bits per heavy atom. The second-order valence-electron chi connectivity index (χ2n) is 3.98. The molecule has 0 aromatic heterocycles. The van der Waals surface area contributed by atoms with Crippen molar-refractivity contribution in [2.75, 3.05) is 32.8 Å². The van der Waals surface area contributed by atoms with E-state index < -0.39 is 0 Å². The highest BCUT2D eigenvalue weighted by molar-refractivity contribution is 5.06. The van der Waals surface area contributed by atoms with Gasteiger partial charge in [-0.05, 0) is 27.2 Å². The molecule has 0 bridgehead atoms. The molecule has 13 heavy (non-hydrogen) atoms. The van der Waals surface area contributed by atoms with Gasteiger partial charge in [-0.1, -0.05) is 11.1 Å². The van der Waals surface area contributed by atoms with E-state index in [0.29, 0.717) is 0 Å². The van der Waals surface area contributed by atoms with E-state index in [0.717, 1.165) is 26.3 Å². The highest BCUT2D eigenvalue weighted by Gasteiger charge is 2.09. The molecule has 0 amide bonds. The molecule has 1 rings (SSSR count). The van der Waals surface area contributed by atoms with Gasteiger partial charge in [0, 0.05) is 19.6 Å². The molecule has 0 radical (unpaired) electrons. The summed E-state index contributed by atoms with van der Waals surface area (Å²) in [5, 5.41) is 0. The third kappa shape index (κ3) is 3.92. The summed E-state index contributed by atoms with van der Waals surface area (Å²) in [5.41, 5.74) is 3.00. The molecule has 76 valence electrons. The van der Waals surface area contributed by atoms with Crippen molar-refractivity contribution in [3.8, 4) is 0 Å². The average molecular weight is 183 g/mol. The van der Waals surface area contributed by atoms with Gasteiger partial charge in [0.05, 0.1) is 13.2 Å². The van der Waals surface area contributed by atoms with E-state index in [1.165, 1.54) is 24.1 Å². The fraction of sp³-hybridized carbons (Fsp3) is 0.818. The number of allylic oxidation sites excluding steroid dienone is 1. The summed E-state index contributed by atoms with van der Waals surface area (Å²) in [4.78, 5) is 2.48. The molecule has 0 spiro atoms. The standard InChI is InChI=1S/C11H21NO/c1-10(2)11(3)4-5-12-6-8-13-9-7-12/h4-9H2,1-3H3. The van der Waals surface area contributed by atoms with Crippen molar-refractivity contribution < 1.29 is 4.74 Å². The summed E-state index contributed by atoms with van der Waals surface area (Å²) < 4.78 is 5.30. The smallest absolute Gasteiger partial charge is 0.0594 e. The highest BCUT2D eigenvalue weighted by Crippen LogP contribution is 2.08. The maximum absolute atomic E-state index is 5.30. The average Bonchev–Trinajstić information content (AvgIpc) is 2.15. The molecule has 1 saturated heterocycles. The third-order valence-electron chi connectivity index (χ3n) is 2.76. The van der Waals surface area contributed by atoms with Crippen molar-refractivity contribution in [1.82, 2.24) is 4.90 Å². The Hall–Kier alpha value is -0.340. The van der Waals surface area contributed by atoms with Crippen molar-refractivity contribution in [3.05, 3.63) is 11.1 Å². The summed E-state index contributed by atoms with van der Waals surface area (Å²) in [6, 6.07) is 0. The van der Waals surface area contributed by atoms with E-state index in [4.69, 9.17) is 4.74 Å². The lowest BCUT2D eigenvalue weighted by Crippen LogP contribution is -2.36. The Morgan fingerprint density at radius 3 is 2.31 bits per heavy atom. The Morgan fingerprint density at radius 1 is 1.15 bits per heavy atom. The number of rotatable bonds is 3. The number of hydrogen-bond donors (Lipinski definition) is 0. The summed E-state index contributed by atoms with van der Waals surface area (Å²) in [7, 11) is 0. The minimum atomic E-state index is 0.911. The predicted octanol–water partition coefficient (Wildman–Crippen LogP) is 2.06. The summed E-state index contributed by atoms with van der Waals surface area (Å²) in [5.74, 6) is 0. The van der Waals surface area contributed by atoms with Crippen LogP contribution in [0.1, 0.15) is 27.2 Å². The van der Waals surface area contributed by atoms with Crippen molar-refractivity contribution in [3.63, 3.8) is 0 Å². The molecule has 0 aromatic rings. The molecule has 2 nitrogen and oxygen atoms in total. The van der Waals surface area contributed by atoms with E-state index in [-0.39, 0.29) is 0 Å². The van der Waals surface area contributed by atoms with Crippen LogP contribution in [0.2, 0.25) is 0 Å². The molecule has 0 unspecified atom stereocenters. The fourth-order valence-corrected chi connectivity index (χ4v) is 1.40. The molecule has 1 aliphatic rings. The van der Waals surface area contributed by atoms with Gasteiger partial charge < -0.3 is 4.74 Å². The number of hydrogen-bond acceptors (Lipinski definition) is 2. The van der Waals surface area contributed by atoms with Gasteiger partial charge in [0.25, 0.3) is 0 Å². The van der Waals surface area contributed by atoms with Crippen LogP contribution in [0, 0.1) is 0 Å². The van der Waals surface area contributed by atoms with Crippen LogP contribution in [0.15, 0.2) is 11.1 Å². The zero-order valence-electron chi connectivity index (χ0n) is 9.10. The molecule has 0 atom stereocenters. The molecule has 0 aliphatic carbocycles. The lowest BCUT2D eigenvalue weighted by atomic mass is 10.1. The minimum Gasteiger partial charge on any atom is -0.379 e. The Kier molecular flexibility index (Phi) is 4.46. The minimum absolute atomic E-state index is 0.911. The Bertz CT molecular complexity index is 177. The number of ether oxygens (including phenoxy) is 1. The van der Waals surface area contributed by atoms with Gasteiger partial charge in [0.2, 0.25) is 0 Å². The number of nitrogens with zero attached hydrogens (tertiary/aromatic N) is 1. The Labute approximate surface area is 81.6 Å². The Balaban J connectivity index is 2.21. The molecule has 1 fully saturated rings. The molecule has 0 saturated carbocycles. The van der Waals surface area contributed by atoms with Crippen molar-refractivity contribution in [2.24, 2.45) is 0 Å². The van der Waals surface area contributed by atoms with E-state index in [2.05, 4.69) is 25.7 Å². The van der Waals surface area contributed by atoms with Crippen molar-refractivity contribution >= 4 is 0 Å². The summed E-state index contributed by atoms with van der Waals surface area (Å²) in [6.07, 6.45) is 1.21. The maximum Gasteiger partial charge on any atom is 0.0594 e. The topological polar surface area (TPSA) is 12.5 Å². The van der Waals surface area contributed by atoms with Crippen LogP contribution >= 0.6 is 0 Å². The zero-order valence-corrected chi connectivity index (χ0v) is 9.10. The molecule has 0 aromatic carbocycles. The van der Waals surface area contributed by atoms with Gasteiger partial charge in [0.1, 0.15) is 0 Å². The van der Waals surface area contributed by atoms with Crippen LogP contribution < -0.4 is 0 Å². The van der Waals surface area contributed by atoms with Gasteiger partial charge >= 0.3 is 0 Å². The van der Waals surface area contributed by atoms with Crippen LogP contribution in [-0.2, 0) is 4.74 Å². The zero-order chi connectivity index (χ0) is 9.68. The first-order valence-corrected chi connectivity index (χ1v) is 5.13. The third-order valence-corrected chi connectivity index (χ3v) is 2.76. The first-order chi connectivity index (χ1) is 6.20. The first kappa shape index (κ1) is 10.7. The first-order valence-electron chi connectivity index (χ1n) is 5.13. The predicted molar refractivity (Wildman–Crippen MR) is 55.9 cm³/mol. The highest BCUT2D eigenvalue weighted by atomic mass is 16.5. The second kappa shape index (κ2) is 5.40. The van der Waals surface area contributed by atoms with Gasteiger partial charge in [-0.15, -0.1) is 0 Å². The SMILES string of the molecule is CC(C)=C(C)CCN1CCOCC1. The molecule has 0 N–H and O–H groups in total. The van der Waals surface area contributed by atoms with E-state index >= 15 is 0 Å². The quantitative estimate of drug-likeness (QED) is 0.621. The van der Waals surface area contributed by atoms with Crippen molar-refractivity contribution in [2.45, 2.75) is 27.2 Å². The lowest BCUT2D eigenvalue weighted by Gasteiger charge is -2.26. The normalized spacial score (nSPS) is 18.7. The molecule has 1 heterocycles. The van der Waals surface area contributed by atoms with Gasteiger partial charge in [-0.3, -0.25) is 4.90 Å². The van der Waals surface area contributed by atoms with E-state index in [1.54, 1.807) is 0 Å². The fourth-order valence-electron chi connectivity index (χ4n) is 1.40. The largest absolute Gasteiger partial charge is 0.379 e. The van der Waals surface area contributed by atoms with Crippen LogP contribution in [0.3, 0.4) is 0 Å². The van der Waals surface area contributed by atoms with Gasteiger partial charge in [0.15, 0.2) is 0 Å². The van der Waals surface area contributed by atoms with Crippen LogP contribution in [0.25, 0.3) is 0 Å². The number of morpholine rings is 1. The van der Waals surface area contributed by atoms with Crippen molar-refractivity contribution in [1.29, 1.82) is 0 Å². The summed E-state index contributed by atoms with van der Waals surface area (Å²) >= 11 is 0.